The van der Waals surface area contributed by atoms with E-state index >= 15 is 0 Å². The molecular weight excluding hydrogens is 336 g/mol. The highest BCUT2D eigenvalue weighted by atomic mass is 35.5. The minimum atomic E-state index is -3.41. The SMILES string of the molecule is CCCOc1ccc(S(=O)(=O)N2CCC(C(C)N)CC2)cc1.Cl. The van der Waals surface area contributed by atoms with Crippen LogP contribution in [0.1, 0.15) is 33.1 Å². The van der Waals surface area contributed by atoms with Gasteiger partial charge in [0.05, 0.1) is 11.5 Å². The van der Waals surface area contributed by atoms with E-state index in [9.17, 15) is 8.42 Å². The van der Waals surface area contributed by atoms with Gasteiger partial charge in [0.25, 0.3) is 0 Å². The minimum absolute atomic E-state index is 0. The molecule has 1 atom stereocenters. The van der Waals surface area contributed by atoms with Crippen LogP contribution in [0.4, 0.5) is 0 Å². The van der Waals surface area contributed by atoms with Crippen molar-refractivity contribution in [2.24, 2.45) is 11.7 Å². The lowest BCUT2D eigenvalue weighted by Gasteiger charge is -2.32. The van der Waals surface area contributed by atoms with Crippen molar-refractivity contribution in [3.63, 3.8) is 0 Å². The van der Waals surface area contributed by atoms with Crippen LogP contribution in [0, 0.1) is 5.92 Å². The van der Waals surface area contributed by atoms with Crippen LogP contribution < -0.4 is 10.5 Å². The van der Waals surface area contributed by atoms with Crippen molar-refractivity contribution in [3.8, 4) is 5.75 Å². The zero-order valence-electron chi connectivity index (χ0n) is 13.8. The minimum Gasteiger partial charge on any atom is -0.494 e. The Hall–Kier alpha value is -0.820. The van der Waals surface area contributed by atoms with Crippen LogP contribution in [-0.2, 0) is 10.0 Å². The summed E-state index contributed by atoms with van der Waals surface area (Å²) in [6.07, 6.45) is 2.58. The maximum Gasteiger partial charge on any atom is 0.243 e. The molecule has 0 saturated carbocycles. The number of sulfonamides is 1. The standard InChI is InChI=1S/C16H26N2O3S.ClH/c1-3-12-21-15-4-6-16(7-5-15)22(19,20)18-10-8-14(9-11-18)13(2)17;/h4-7,13-14H,3,8-12,17H2,1-2H3;1H. The molecule has 2 rings (SSSR count). The molecule has 132 valence electrons. The zero-order valence-corrected chi connectivity index (χ0v) is 15.4. The average Bonchev–Trinajstić information content (AvgIpc) is 2.53. The molecule has 5 nitrogen and oxygen atoms in total. The Balaban J connectivity index is 0.00000264. The van der Waals surface area contributed by atoms with Crippen LogP contribution in [0.25, 0.3) is 0 Å². The van der Waals surface area contributed by atoms with Gasteiger partial charge in [-0.15, -0.1) is 12.4 Å². The summed E-state index contributed by atoms with van der Waals surface area (Å²) in [5, 5.41) is 0. The highest BCUT2D eigenvalue weighted by molar-refractivity contribution is 7.89. The molecule has 1 heterocycles. The summed E-state index contributed by atoms with van der Waals surface area (Å²) in [6.45, 7) is 5.75. The van der Waals surface area contributed by atoms with Crippen LogP contribution in [-0.4, -0.2) is 38.5 Å². The van der Waals surface area contributed by atoms with E-state index < -0.39 is 10.0 Å². The Bertz CT molecular complexity index is 567. The Morgan fingerprint density at radius 1 is 1.26 bits per heavy atom. The normalized spacial score (nSPS) is 18.2. The maximum atomic E-state index is 12.6. The average molecular weight is 363 g/mol. The molecular formula is C16H27ClN2O3S. The molecule has 1 aliphatic heterocycles. The van der Waals surface area contributed by atoms with Crippen molar-refractivity contribution in [2.45, 2.75) is 44.0 Å². The molecule has 0 aromatic heterocycles. The summed E-state index contributed by atoms with van der Waals surface area (Å²) in [5.74, 6) is 1.12. The smallest absolute Gasteiger partial charge is 0.243 e. The predicted octanol–water partition coefficient (Wildman–Crippen LogP) is 2.65. The van der Waals surface area contributed by atoms with E-state index in [0.29, 0.717) is 36.3 Å². The van der Waals surface area contributed by atoms with Gasteiger partial charge in [0.15, 0.2) is 0 Å². The van der Waals surface area contributed by atoms with Crippen molar-refractivity contribution in [3.05, 3.63) is 24.3 Å². The first-order chi connectivity index (χ1) is 10.4. The summed E-state index contributed by atoms with van der Waals surface area (Å²) in [7, 11) is -3.41. The number of nitrogens with two attached hydrogens (primary N) is 1. The van der Waals surface area contributed by atoms with Gasteiger partial charge >= 0.3 is 0 Å². The molecule has 7 heteroatoms. The third-order valence-electron chi connectivity index (χ3n) is 4.18. The topological polar surface area (TPSA) is 72.6 Å². The van der Waals surface area contributed by atoms with E-state index in [4.69, 9.17) is 10.5 Å². The molecule has 1 fully saturated rings. The second-order valence-electron chi connectivity index (χ2n) is 5.92. The predicted molar refractivity (Wildman–Crippen MR) is 94.6 cm³/mol. The lowest BCUT2D eigenvalue weighted by atomic mass is 9.92. The molecule has 0 bridgehead atoms. The van der Waals surface area contributed by atoms with Gasteiger partial charge in [-0.2, -0.15) is 4.31 Å². The third kappa shape index (κ3) is 5.08. The molecule has 2 N–H and O–H groups in total. The summed E-state index contributed by atoms with van der Waals surface area (Å²) in [5.41, 5.74) is 5.91. The third-order valence-corrected chi connectivity index (χ3v) is 6.09. The number of halogens is 1. The van der Waals surface area contributed by atoms with E-state index in [-0.39, 0.29) is 18.4 Å². The van der Waals surface area contributed by atoms with Crippen molar-refractivity contribution >= 4 is 22.4 Å². The molecule has 0 radical (unpaired) electrons. The Labute approximate surface area is 145 Å². The van der Waals surface area contributed by atoms with E-state index in [1.54, 1.807) is 28.6 Å². The molecule has 0 spiro atoms. The van der Waals surface area contributed by atoms with Crippen molar-refractivity contribution in [2.75, 3.05) is 19.7 Å². The van der Waals surface area contributed by atoms with Crippen molar-refractivity contribution < 1.29 is 13.2 Å². The van der Waals surface area contributed by atoms with Gasteiger partial charge in [0, 0.05) is 19.1 Å². The largest absolute Gasteiger partial charge is 0.494 e. The van der Waals surface area contributed by atoms with Gasteiger partial charge in [-0.3, -0.25) is 0 Å². The maximum absolute atomic E-state index is 12.6. The van der Waals surface area contributed by atoms with Crippen LogP contribution in [0.2, 0.25) is 0 Å². The van der Waals surface area contributed by atoms with Gasteiger partial charge in [-0.05, 0) is 56.4 Å². The zero-order chi connectivity index (χ0) is 16.2. The Morgan fingerprint density at radius 3 is 2.30 bits per heavy atom. The summed E-state index contributed by atoms with van der Waals surface area (Å²) >= 11 is 0. The molecule has 1 aliphatic rings. The first-order valence-corrected chi connectivity index (χ1v) is 9.37. The fraction of sp³-hybridized carbons (Fsp3) is 0.625. The lowest BCUT2D eigenvalue weighted by molar-refractivity contribution is 0.250. The molecule has 0 amide bonds. The van der Waals surface area contributed by atoms with E-state index in [0.717, 1.165) is 19.3 Å². The summed E-state index contributed by atoms with van der Waals surface area (Å²) in [4.78, 5) is 0.329. The highest BCUT2D eigenvalue weighted by Gasteiger charge is 2.30. The molecule has 1 aromatic rings. The van der Waals surface area contributed by atoms with Crippen LogP contribution >= 0.6 is 12.4 Å². The highest BCUT2D eigenvalue weighted by Crippen LogP contribution is 2.26. The number of hydrogen-bond acceptors (Lipinski definition) is 4. The number of ether oxygens (including phenoxy) is 1. The van der Waals surface area contributed by atoms with Crippen molar-refractivity contribution in [1.82, 2.24) is 4.31 Å². The second kappa shape index (κ2) is 8.87. The number of piperidine rings is 1. The van der Waals surface area contributed by atoms with E-state index in [1.165, 1.54) is 0 Å². The summed E-state index contributed by atoms with van der Waals surface area (Å²) < 4.78 is 32.3. The van der Waals surface area contributed by atoms with Crippen LogP contribution in [0.5, 0.6) is 5.75 Å². The monoisotopic (exact) mass is 362 g/mol. The first-order valence-electron chi connectivity index (χ1n) is 7.93. The Morgan fingerprint density at radius 2 is 1.83 bits per heavy atom. The number of hydrogen-bond donors (Lipinski definition) is 1. The Kier molecular flexibility index (Phi) is 7.80. The number of rotatable bonds is 6. The van der Waals surface area contributed by atoms with Gasteiger partial charge in [0.1, 0.15) is 5.75 Å². The van der Waals surface area contributed by atoms with Gasteiger partial charge < -0.3 is 10.5 Å². The van der Waals surface area contributed by atoms with E-state index in [1.807, 2.05) is 13.8 Å². The molecule has 0 aliphatic carbocycles. The van der Waals surface area contributed by atoms with Gasteiger partial charge in [-0.25, -0.2) is 8.42 Å². The van der Waals surface area contributed by atoms with Gasteiger partial charge in [-0.1, -0.05) is 6.92 Å². The summed E-state index contributed by atoms with van der Waals surface area (Å²) in [6, 6.07) is 6.81. The molecule has 1 aromatic carbocycles. The molecule has 1 unspecified atom stereocenters. The van der Waals surface area contributed by atoms with Gasteiger partial charge in [0.2, 0.25) is 10.0 Å². The molecule has 23 heavy (non-hydrogen) atoms. The van der Waals surface area contributed by atoms with Crippen molar-refractivity contribution in [1.29, 1.82) is 0 Å². The quantitative estimate of drug-likeness (QED) is 0.844. The van der Waals surface area contributed by atoms with Crippen LogP contribution in [0.3, 0.4) is 0 Å². The fourth-order valence-electron chi connectivity index (χ4n) is 2.72. The number of nitrogens with zero attached hydrogens (tertiary/aromatic N) is 1. The van der Waals surface area contributed by atoms with Crippen LogP contribution in [0.15, 0.2) is 29.2 Å². The molecule has 1 saturated heterocycles. The van der Waals surface area contributed by atoms with E-state index in [2.05, 4.69) is 0 Å². The fourth-order valence-corrected chi connectivity index (χ4v) is 4.19. The first kappa shape index (κ1) is 20.2. The lowest BCUT2D eigenvalue weighted by Crippen LogP contribution is -2.42. The number of benzene rings is 1. The second-order valence-corrected chi connectivity index (χ2v) is 7.86.